The molecule has 0 amide bonds. The summed E-state index contributed by atoms with van der Waals surface area (Å²) in [4.78, 5) is 0. The molecule has 20 heavy (non-hydrogen) atoms. The number of benzene rings is 2. The fourth-order valence-electron chi connectivity index (χ4n) is 2.00. The fraction of sp³-hybridized carbons (Fsp3) is 0.333. The lowest BCUT2D eigenvalue weighted by molar-refractivity contribution is 0.234. The third-order valence-corrected chi connectivity index (χ3v) is 3.46. The Bertz CT molecular complexity index is 560. The van der Waals surface area contributed by atoms with Crippen LogP contribution < -0.4 is 10.1 Å². The molecule has 106 valence electrons. The maximum Gasteiger partial charge on any atom is 0.119 e. The van der Waals surface area contributed by atoms with Gasteiger partial charge in [-0.05, 0) is 63.1 Å². The minimum Gasteiger partial charge on any atom is -0.489 e. The van der Waals surface area contributed by atoms with Crippen LogP contribution in [0, 0.1) is 20.8 Å². The minimum absolute atomic E-state index is 0.124. The summed E-state index contributed by atoms with van der Waals surface area (Å²) in [5, 5.41) is 3.42. The highest BCUT2D eigenvalue weighted by molar-refractivity contribution is 5.48. The number of hydrogen-bond donors (Lipinski definition) is 1. The lowest BCUT2D eigenvalue weighted by atomic mass is 10.1. The van der Waals surface area contributed by atoms with Gasteiger partial charge in [-0.25, -0.2) is 0 Å². The largest absolute Gasteiger partial charge is 0.489 e. The molecule has 2 heteroatoms. The lowest BCUT2D eigenvalue weighted by Crippen LogP contribution is -2.22. The van der Waals surface area contributed by atoms with Gasteiger partial charge in [-0.15, -0.1) is 0 Å². The Morgan fingerprint density at radius 3 is 2.30 bits per heavy atom. The number of rotatable bonds is 5. The monoisotopic (exact) mass is 269 g/mol. The van der Waals surface area contributed by atoms with Crippen LogP contribution in [0.5, 0.6) is 5.75 Å². The van der Waals surface area contributed by atoms with Gasteiger partial charge in [0.05, 0.1) is 6.54 Å². The van der Waals surface area contributed by atoms with Crippen molar-refractivity contribution in [2.45, 2.75) is 33.8 Å². The Hall–Kier alpha value is -1.96. The second-order valence-corrected chi connectivity index (χ2v) is 5.42. The summed E-state index contributed by atoms with van der Waals surface area (Å²) in [5.74, 6) is 0.921. The van der Waals surface area contributed by atoms with Crippen LogP contribution in [-0.2, 0) is 0 Å². The van der Waals surface area contributed by atoms with Gasteiger partial charge in [0.2, 0.25) is 0 Å². The molecule has 1 atom stereocenters. The van der Waals surface area contributed by atoms with E-state index in [9.17, 15) is 0 Å². The number of hydrogen-bond acceptors (Lipinski definition) is 2. The van der Waals surface area contributed by atoms with Gasteiger partial charge < -0.3 is 10.1 Å². The molecule has 2 aromatic carbocycles. The Kier molecular flexibility index (Phi) is 4.67. The van der Waals surface area contributed by atoms with E-state index in [1.165, 1.54) is 16.7 Å². The molecule has 0 spiro atoms. The molecule has 0 saturated carbocycles. The first-order valence-electron chi connectivity index (χ1n) is 7.09. The first-order chi connectivity index (χ1) is 9.54. The average molecular weight is 269 g/mol. The predicted molar refractivity (Wildman–Crippen MR) is 85.7 cm³/mol. The summed E-state index contributed by atoms with van der Waals surface area (Å²) in [6, 6.07) is 14.6. The van der Waals surface area contributed by atoms with Crippen molar-refractivity contribution in [3.63, 3.8) is 0 Å². The summed E-state index contributed by atoms with van der Waals surface area (Å²) in [7, 11) is 0. The molecule has 0 aliphatic rings. The highest BCUT2D eigenvalue weighted by Gasteiger charge is 2.04. The normalized spacial score (nSPS) is 12.0. The number of aryl methyl sites for hydroxylation is 3. The average Bonchev–Trinajstić information content (AvgIpc) is 2.43. The van der Waals surface area contributed by atoms with Gasteiger partial charge in [-0.2, -0.15) is 0 Å². The molecule has 0 aromatic heterocycles. The van der Waals surface area contributed by atoms with Crippen molar-refractivity contribution < 1.29 is 4.74 Å². The first-order valence-corrected chi connectivity index (χ1v) is 7.09. The van der Waals surface area contributed by atoms with Crippen LogP contribution >= 0.6 is 0 Å². The van der Waals surface area contributed by atoms with Crippen LogP contribution in [-0.4, -0.2) is 12.6 Å². The Morgan fingerprint density at radius 2 is 1.65 bits per heavy atom. The molecule has 0 aliphatic heterocycles. The standard InChI is InChI=1S/C18H23NO/c1-13-5-9-18(10-6-13)20-16(4)12-19-17-8-7-14(2)15(3)11-17/h5-11,16,19H,12H2,1-4H3. The molecule has 0 saturated heterocycles. The summed E-state index contributed by atoms with van der Waals surface area (Å²) in [6.45, 7) is 9.20. The van der Waals surface area contributed by atoms with Crippen LogP contribution in [0.25, 0.3) is 0 Å². The van der Waals surface area contributed by atoms with E-state index in [1.54, 1.807) is 0 Å². The van der Waals surface area contributed by atoms with Crippen LogP contribution in [0.15, 0.2) is 42.5 Å². The van der Waals surface area contributed by atoms with Gasteiger partial charge in [0.1, 0.15) is 11.9 Å². The highest BCUT2D eigenvalue weighted by atomic mass is 16.5. The van der Waals surface area contributed by atoms with Crippen molar-refractivity contribution >= 4 is 5.69 Å². The highest BCUT2D eigenvalue weighted by Crippen LogP contribution is 2.16. The zero-order valence-electron chi connectivity index (χ0n) is 12.7. The fourth-order valence-corrected chi connectivity index (χ4v) is 2.00. The molecule has 2 nitrogen and oxygen atoms in total. The summed E-state index contributed by atoms with van der Waals surface area (Å²) < 4.78 is 5.88. The second kappa shape index (κ2) is 6.47. The van der Waals surface area contributed by atoms with E-state index in [2.05, 4.69) is 63.3 Å². The van der Waals surface area contributed by atoms with E-state index >= 15 is 0 Å². The lowest BCUT2D eigenvalue weighted by Gasteiger charge is -2.17. The first kappa shape index (κ1) is 14.4. The van der Waals surface area contributed by atoms with Gasteiger partial charge in [0.15, 0.2) is 0 Å². The number of ether oxygens (including phenoxy) is 1. The van der Waals surface area contributed by atoms with Crippen LogP contribution in [0.3, 0.4) is 0 Å². The molecule has 0 heterocycles. The van der Waals surface area contributed by atoms with E-state index in [0.29, 0.717) is 0 Å². The van der Waals surface area contributed by atoms with Crippen molar-refractivity contribution in [1.82, 2.24) is 0 Å². The molecule has 0 radical (unpaired) electrons. The maximum absolute atomic E-state index is 5.88. The number of nitrogens with one attached hydrogen (secondary N) is 1. The zero-order chi connectivity index (χ0) is 14.5. The maximum atomic E-state index is 5.88. The molecular formula is C18H23NO. The van der Waals surface area contributed by atoms with Gasteiger partial charge in [0.25, 0.3) is 0 Å². The van der Waals surface area contributed by atoms with Crippen molar-refractivity contribution in [3.05, 3.63) is 59.2 Å². The SMILES string of the molecule is Cc1ccc(OC(C)CNc2ccc(C)c(C)c2)cc1. The molecule has 0 bridgehead atoms. The Labute approximate surface area is 121 Å². The van der Waals surface area contributed by atoms with Gasteiger partial charge in [-0.3, -0.25) is 0 Å². The van der Waals surface area contributed by atoms with Crippen molar-refractivity contribution in [2.24, 2.45) is 0 Å². The van der Waals surface area contributed by atoms with E-state index in [4.69, 9.17) is 4.74 Å². The Morgan fingerprint density at radius 1 is 0.950 bits per heavy atom. The van der Waals surface area contributed by atoms with E-state index in [-0.39, 0.29) is 6.10 Å². The molecule has 1 unspecified atom stereocenters. The Balaban J connectivity index is 1.86. The van der Waals surface area contributed by atoms with Gasteiger partial charge >= 0.3 is 0 Å². The van der Waals surface area contributed by atoms with Gasteiger partial charge in [-0.1, -0.05) is 23.8 Å². The zero-order valence-corrected chi connectivity index (χ0v) is 12.7. The van der Waals surface area contributed by atoms with E-state index in [1.807, 2.05) is 12.1 Å². The van der Waals surface area contributed by atoms with E-state index < -0.39 is 0 Å². The minimum atomic E-state index is 0.124. The quantitative estimate of drug-likeness (QED) is 0.863. The summed E-state index contributed by atoms with van der Waals surface area (Å²) in [6.07, 6.45) is 0.124. The topological polar surface area (TPSA) is 21.3 Å². The smallest absolute Gasteiger partial charge is 0.119 e. The molecule has 2 aromatic rings. The molecule has 1 N–H and O–H groups in total. The third kappa shape index (κ3) is 4.02. The van der Waals surface area contributed by atoms with Crippen LogP contribution in [0.2, 0.25) is 0 Å². The predicted octanol–water partition coefficient (Wildman–Crippen LogP) is 4.49. The third-order valence-electron chi connectivity index (χ3n) is 3.46. The number of anilines is 1. The van der Waals surface area contributed by atoms with Crippen LogP contribution in [0.4, 0.5) is 5.69 Å². The molecule has 2 rings (SSSR count). The van der Waals surface area contributed by atoms with Crippen molar-refractivity contribution in [1.29, 1.82) is 0 Å². The summed E-state index contributed by atoms with van der Waals surface area (Å²) >= 11 is 0. The second-order valence-electron chi connectivity index (χ2n) is 5.42. The molecule has 0 fully saturated rings. The molecule has 0 aliphatic carbocycles. The van der Waals surface area contributed by atoms with Crippen molar-refractivity contribution in [2.75, 3.05) is 11.9 Å². The van der Waals surface area contributed by atoms with Gasteiger partial charge in [0, 0.05) is 5.69 Å². The molecular weight excluding hydrogens is 246 g/mol. The summed E-state index contributed by atoms with van der Waals surface area (Å²) in [5.41, 5.74) is 5.02. The van der Waals surface area contributed by atoms with Crippen molar-refractivity contribution in [3.8, 4) is 5.75 Å². The van der Waals surface area contributed by atoms with Crippen LogP contribution in [0.1, 0.15) is 23.6 Å². The van der Waals surface area contributed by atoms with E-state index in [0.717, 1.165) is 18.0 Å².